The van der Waals surface area contributed by atoms with Crippen molar-refractivity contribution < 1.29 is 22.7 Å². The molecule has 8 heteroatoms. The highest BCUT2D eigenvalue weighted by atomic mass is 32.2. The van der Waals surface area contributed by atoms with E-state index < -0.39 is 15.9 Å². The van der Waals surface area contributed by atoms with Crippen LogP contribution in [0.2, 0.25) is 0 Å². The van der Waals surface area contributed by atoms with Gasteiger partial charge in [0.05, 0.1) is 17.6 Å². The van der Waals surface area contributed by atoms with Gasteiger partial charge >= 0.3 is 5.97 Å². The van der Waals surface area contributed by atoms with Gasteiger partial charge in [-0.25, -0.2) is 4.83 Å². The fraction of sp³-hybridized carbons (Fsp3) is 0.450. The highest BCUT2D eigenvalue weighted by Crippen LogP contribution is 2.34. The van der Waals surface area contributed by atoms with Crippen molar-refractivity contribution in [2.75, 3.05) is 18.5 Å². The summed E-state index contributed by atoms with van der Waals surface area (Å²) in [5.74, 6) is -0.927. The lowest BCUT2D eigenvalue weighted by Gasteiger charge is -2.22. The first kappa shape index (κ1) is 20.4. The number of aryl methyl sites for hydroxylation is 1. The zero-order chi connectivity index (χ0) is 20.3. The number of nitrogens with one attached hydrogen (secondary N) is 1. The predicted octanol–water partition coefficient (Wildman–Crippen LogP) is 2.73. The van der Waals surface area contributed by atoms with E-state index in [0.29, 0.717) is 12.8 Å². The molecular weight excluding hydrogens is 380 g/mol. The Morgan fingerprint density at radius 3 is 2.61 bits per heavy atom. The number of ether oxygens (including phenoxy) is 2. The molecule has 0 saturated carbocycles. The van der Waals surface area contributed by atoms with Crippen LogP contribution in [0, 0.1) is 6.92 Å². The van der Waals surface area contributed by atoms with E-state index in [2.05, 4.69) is 4.83 Å². The largest absolute Gasteiger partial charge is 0.465 e. The maximum Gasteiger partial charge on any atom is 0.316 e. The summed E-state index contributed by atoms with van der Waals surface area (Å²) in [6, 6.07) is 8.42. The van der Waals surface area contributed by atoms with Gasteiger partial charge in [-0.05, 0) is 56.9 Å². The molecule has 1 aliphatic rings. The Kier molecular flexibility index (Phi) is 6.10. The number of methoxy groups -OCH3 is 1. The smallest absolute Gasteiger partial charge is 0.316 e. The van der Waals surface area contributed by atoms with E-state index in [0.717, 1.165) is 23.2 Å². The molecule has 0 radical (unpaired) electrons. The second-order valence-electron chi connectivity index (χ2n) is 6.89. The molecule has 0 spiro atoms. The van der Waals surface area contributed by atoms with E-state index >= 15 is 0 Å². The molecule has 3 rings (SSSR count). The first-order valence-electron chi connectivity index (χ1n) is 9.36. The van der Waals surface area contributed by atoms with Crippen LogP contribution in [0.4, 0.5) is 0 Å². The number of hydrogen-bond acceptors (Lipinski definition) is 5. The summed E-state index contributed by atoms with van der Waals surface area (Å²) < 4.78 is 37.8. The normalized spacial score (nSPS) is 19.5. The summed E-state index contributed by atoms with van der Waals surface area (Å²) in [5, 5.41) is 0. The van der Waals surface area contributed by atoms with E-state index in [1.165, 1.54) is 4.68 Å². The third-order valence-corrected chi connectivity index (χ3v) is 6.36. The molecule has 0 unspecified atom stereocenters. The number of carbonyl (C=O) groups is 1. The first-order chi connectivity index (χ1) is 13.4. The van der Waals surface area contributed by atoms with Crippen LogP contribution < -0.4 is 4.83 Å². The zero-order valence-electron chi connectivity index (χ0n) is 16.3. The van der Waals surface area contributed by atoms with Crippen LogP contribution in [0.3, 0.4) is 0 Å². The number of benzene rings is 1. The SMILES string of the molecule is CCOC(=O)[C@H]1c2ccn(NS(=O)(=O)c3ccc(C)cc3)c2CCC[C@@H]1OC. The van der Waals surface area contributed by atoms with E-state index in [1.54, 1.807) is 50.6 Å². The molecule has 0 saturated heterocycles. The lowest BCUT2D eigenvalue weighted by atomic mass is 9.94. The highest BCUT2D eigenvalue weighted by molar-refractivity contribution is 7.92. The fourth-order valence-corrected chi connectivity index (χ4v) is 4.65. The molecule has 1 aliphatic carbocycles. The van der Waals surface area contributed by atoms with E-state index in [-0.39, 0.29) is 23.6 Å². The number of nitrogens with zero attached hydrogens (tertiary/aromatic N) is 1. The van der Waals surface area contributed by atoms with Crippen LogP contribution >= 0.6 is 0 Å². The molecule has 7 nitrogen and oxygen atoms in total. The van der Waals surface area contributed by atoms with Gasteiger partial charge in [0, 0.05) is 19.0 Å². The second-order valence-corrected chi connectivity index (χ2v) is 8.55. The lowest BCUT2D eigenvalue weighted by Crippen LogP contribution is -2.29. The second kappa shape index (κ2) is 8.36. The van der Waals surface area contributed by atoms with E-state index in [4.69, 9.17) is 9.47 Å². The molecule has 0 bridgehead atoms. The molecule has 1 heterocycles. The number of aromatic nitrogens is 1. The van der Waals surface area contributed by atoms with Crippen molar-refractivity contribution in [3.63, 3.8) is 0 Å². The number of rotatable bonds is 6. The van der Waals surface area contributed by atoms with Gasteiger partial charge in [-0.2, -0.15) is 8.42 Å². The molecule has 2 aromatic rings. The van der Waals surface area contributed by atoms with Gasteiger partial charge < -0.3 is 9.47 Å². The maximum atomic E-state index is 12.8. The monoisotopic (exact) mass is 406 g/mol. The Balaban J connectivity index is 1.95. The van der Waals surface area contributed by atoms with Gasteiger partial charge in [-0.15, -0.1) is 0 Å². The number of carbonyl (C=O) groups excluding carboxylic acids is 1. The Hall–Kier alpha value is -2.32. The summed E-state index contributed by atoms with van der Waals surface area (Å²) in [7, 11) is -2.16. The Morgan fingerprint density at radius 2 is 1.96 bits per heavy atom. The van der Waals surface area contributed by atoms with Gasteiger partial charge in [0.15, 0.2) is 0 Å². The minimum Gasteiger partial charge on any atom is -0.465 e. The van der Waals surface area contributed by atoms with Gasteiger partial charge in [0.2, 0.25) is 0 Å². The Bertz CT molecular complexity index is 934. The molecule has 0 fully saturated rings. The zero-order valence-corrected chi connectivity index (χ0v) is 17.2. The Labute approximate surface area is 165 Å². The van der Waals surface area contributed by atoms with Crippen LogP contribution in [0.5, 0.6) is 0 Å². The van der Waals surface area contributed by atoms with Crippen LogP contribution in [0.15, 0.2) is 41.4 Å². The van der Waals surface area contributed by atoms with Crippen molar-refractivity contribution in [3.05, 3.63) is 53.3 Å². The standard InChI is InChI=1S/C20H26N2O5S/c1-4-27-20(23)19-16-12-13-22(17(16)6-5-7-18(19)26-3)21-28(24,25)15-10-8-14(2)9-11-15/h8-13,18-19,21H,4-7H2,1-3H3/t18-,19-/m0/s1. The van der Waals surface area contributed by atoms with E-state index in [9.17, 15) is 13.2 Å². The van der Waals surface area contributed by atoms with Gasteiger partial charge in [-0.1, -0.05) is 17.7 Å². The lowest BCUT2D eigenvalue weighted by molar-refractivity contribution is -0.148. The number of fused-ring (bicyclic) bond motifs is 1. The van der Waals surface area contributed by atoms with Crippen molar-refractivity contribution in [2.24, 2.45) is 0 Å². The molecule has 28 heavy (non-hydrogen) atoms. The van der Waals surface area contributed by atoms with Crippen molar-refractivity contribution in [1.82, 2.24) is 4.68 Å². The molecule has 1 aromatic carbocycles. The number of esters is 1. The van der Waals surface area contributed by atoms with Gasteiger partial charge in [0.1, 0.15) is 5.92 Å². The van der Waals surface area contributed by atoms with Crippen LogP contribution in [0.1, 0.15) is 42.5 Å². The summed E-state index contributed by atoms with van der Waals surface area (Å²) in [5.41, 5.74) is 2.49. The molecular formula is C20H26N2O5S. The molecule has 0 amide bonds. The third-order valence-electron chi connectivity index (χ3n) is 5.03. The van der Waals surface area contributed by atoms with Crippen LogP contribution in [-0.2, 0) is 30.7 Å². The summed E-state index contributed by atoms with van der Waals surface area (Å²) in [4.78, 5) is 15.4. The average Bonchev–Trinajstić information content (AvgIpc) is 2.92. The highest BCUT2D eigenvalue weighted by Gasteiger charge is 2.36. The first-order valence-corrected chi connectivity index (χ1v) is 10.8. The molecule has 0 aliphatic heterocycles. The van der Waals surface area contributed by atoms with Gasteiger partial charge in [0.25, 0.3) is 10.0 Å². The van der Waals surface area contributed by atoms with Crippen molar-refractivity contribution in [3.8, 4) is 0 Å². The number of hydrogen-bond donors (Lipinski definition) is 1. The van der Waals surface area contributed by atoms with Crippen molar-refractivity contribution >= 4 is 16.0 Å². The Morgan fingerprint density at radius 1 is 1.25 bits per heavy atom. The molecule has 2 atom stereocenters. The fourth-order valence-electron chi connectivity index (χ4n) is 3.62. The summed E-state index contributed by atoms with van der Waals surface area (Å²) in [6.45, 7) is 3.94. The van der Waals surface area contributed by atoms with Crippen LogP contribution in [-0.4, -0.2) is 38.9 Å². The minimum absolute atomic E-state index is 0.186. The predicted molar refractivity (Wildman–Crippen MR) is 105 cm³/mol. The molecule has 152 valence electrons. The summed E-state index contributed by atoms with van der Waals surface area (Å²) >= 11 is 0. The van der Waals surface area contributed by atoms with E-state index in [1.807, 2.05) is 6.92 Å². The third kappa shape index (κ3) is 4.07. The van der Waals surface area contributed by atoms with Crippen molar-refractivity contribution in [2.45, 2.75) is 50.0 Å². The maximum absolute atomic E-state index is 12.8. The molecule has 1 aromatic heterocycles. The van der Waals surface area contributed by atoms with Crippen LogP contribution in [0.25, 0.3) is 0 Å². The quantitative estimate of drug-likeness (QED) is 0.589. The topological polar surface area (TPSA) is 86.6 Å². The van der Waals surface area contributed by atoms with Gasteiger partial charge in [-0.3, -0.25) is 9.47 Å². The average molecular weight is 407 g/mol. The number of sulfonamides is 1. The molecule has 1 N–H and O–H groups in total. The minimum atomic E-state index is -3.75. The summed E-state index contributed by atoms with van der Waals surface area (Å²) in [6.07, 6.45) is 3.44. The van der Waals surface area contributed by atoms with Crippen molar-refractivity contribution in [1.29, 1.82) is 0 Å².